The number of hydrogen-bond acceptors (Lipinski definition) is 5. The van der Waals surface area contributed by atoms with Gasteiger partial charge >= 0.3 is 5.97 Å². The van der Waals surface area contributed by atoms with Gasteiger partial charge in [-0.05, 0) is 5.56 Å². The maximum Gasteiger partial charge on any atom is 0.360 e. The lowest BCUT2D eigenvalue weighted by Gasteiger charge is -2.10. The summed E-state index contributed by atoms with van der Waals surface area (Å²) < 4.78 is 11.3. The van der Waals surface area contributed by atoms with Gasteiger partial charge in [-0.15, -0.1) is 0 Å². The van der Waals surface area contributed by atoms with E-state index in [-0.39, 0.29) is 18.1 Å². The number of rotatable bonds is 4. The van der Waals surface area contributed by atoms with E-state index in [1.165, 1.54) is 25.1 Å². The molecule has 0 atom stereocenters. The molecule has 0 unspecified atom stereocenters. The minimum atomic E-state index is -0.703. The van der Waals surface area contributed by atoms with Crippen molar-refractivity contribution in [3.63, 3.8) is 0 Å². The summed E-state index contributed by atoms with van der Waals surface area (Å²) >= 11 is 0. The Morgan fingerprint density at radius 3 is 2.65 bits per heavy atom. The van der Waals surface area contributed by atoms with Crippen LogP contribution in [0.3, 0.4) is 0 Å². The van der Waals surface area contributed by atoms with Crippen molar-refractivity contribution in [1.82, 2.24) is 9.55 Å². The number of ether oxygens (including phenoxy) is 2. The van der Waals surface area contributed by atoms with Crippen molar-refractivity contribution in [2.75, 3.05) is 7.11 Å². The molecule has 6 heteroatoms. The highest BCUT2D eigenvalue weighted by atomic mass is 16.5. The quantitative estimate of drug-likeness (QED) is 0.782. The Labute approximate surface area is 115 Å². The topological polar surface area (TPSA) is 70.4 Å². The van der Waals surface area contributed by atoms with Crippen LogP contribution in [0.2, 0.25) is 0 Å². The molecule has 1 aromatic heterocycles. The summed E-state index contributed by atoms with van der Waals surface area (Å²) in [5.41, 5.74) is 0.331. The molecule has 0 saturated carbocycles. The first-order valence-electron chi connectivity index (χ1n) is 5.94. The molecule has 0 bridgehead atoms. The van der Waals surface area contributed by atoms with Gasteiger partial charge in [-0.1, -0.05) is 30.3 Å². The molecule has 0 amide bonds. The fraction of sp³-hybridized carbons (Fsp3) is 0.214. The highest BCUT2D eigenvalue weighted by Gasteiger charge is 2.19. The molecule has 0 aliphatic heterocycles. The van der Waals surface area contributed by atoms with Crippen LogP contribution in [0.4, 0.5) is 0 Å². The van der Waals surface area contributed by atoms with Crippen LogP contribution >= 0.6 is 0 Å². The minimum absolute atomic E-state index is 0.106. The van der Waals surface area contributed by atoms with Gasteiger partial charge in [0.1, 0.15) is 6.61 Å². The first-order chi connectivity index (χ1) is 9.63. The van der Waals surface area contributed by atoms with Crippen LogP contribution in [-0.4, -0.2) is 22.6 Å². The van der Waals surface area contributed by atoms with Crippen molar-refractivity contribution in [3.8, 4) is 5.75 Å². The average Bonchev–Trinajstić information content (AvgIpc) is 2.49. The molecule has 1 heterocycles. The molecule has 0 spiro atoms. The third-order valence-electron chi connectivity index (χ3n) is 2.69. The molecule has 0 N–H and O–H groups in total. The van der Waals surface area contributed by atoms with Crippen molar-refractivity contribution < 1.29 is 14.3 Å². The van der Waals surface area contributed by atoms with Crippen LogP contribution in [-0.2, 0) is 18.4 Å². The Morgan fingerprint density at radius 2 is 2.00 bits per heavy atom. The molecule has 20 heavy (non-hydrogen) atoms. The van der Waals surface area contributed by atoms with Gasteiger partial charge in [-0.3, -0.25) is 9.36 Å². The van der Waals surface area contributed by atoms with Gasteiger partial charge in [0.05, 0.1) is 13.4 Å². The summed E-state index contributed by atoms with van der Waals surface area (Å²) in [6.45, 7) is 0.172. The second kappa shape index (κ2) is 6.01. The summed E-state index contributed by atoms with van der Waals surface area (Å²) in [6, 6.07) is 9.33. The summed E-state index contributed by atoms with van der Waals surface area (Å²) in [5, 5.41) is 0. The predicted octanol–water partition coefficient (Wildman–Crippen LogP) is 1.15. The van der Waals surface area contributed by atoms with E-state index >= 15 is 0 Å². The predicted molar refractivity (Wildman–Crippen MR) is 71.6 cm³/mol. The lowest BCUT2D eigenvalue weighted by Crippen LogP contribution is -2.24. The molecule has 0 fully saturated rings. The van der Waals surface area contributed by atoms with Crippen LogP contribution in [0, 0.1) is 0 Å². The molecule has 1 aromatic carbocycles. The number of benzene rings is 1. The molecule has 0 aliphatic rings. The Kier molecular flexibility index (Phi) is 4.14. The van der Waals surface area contributed by atoms with Crippen molar-refractivity contribution in [2.45, 2.75) is 6.61 Å². The largest absolute Gasteiger partial charge is 0.481 e. The van der Waals surface area contributed by atoms with E-state index < -0.39 is 11.5 Å². The fourth-order valence-electron chi connectivity index (χ4n) is 1.62. The van der Waals surface area contributed by atoms with Crippen molar-refractivity contribution in [2.24, 2.45) is 7.05 Å². The van der Waals surface area contributed by atoms with Gasteiger partial charge in [0.15, 0.2) is 5.69 Å². The molecule has 2 aromatic rings. The normalized spacial score (nSPS) is 10.1. The van der Waals surface area contributed by atoms with E-state index in [9.17, 15) is 9.59 Å². The highest BCUT2D eigenvalue weighted by molar-refractivity contribution is 5.89. The van der Waals surface area contributed by atoms with Crippen molar-refractivity contribution in [3.05, 3.63) is 58.3 Å². The summed E-state index contributed by atoms with van der Waals surface area (Å²) in [7, 11) is 2.76. The average molecular weight is 274 g/mol. The monoisotopic (exact) mass is 274 g/mol. The number of hydrogen-bond donors (Lipinski definition) is 0. The number of esters is 1. The first kappa shape index (κ1) is 13.8. The number of aryl methyl sites for hydroxylation is 1. The van der Waals surface area contributed by atoms with Gasteiger partial charge in [0, 0.05) is 7.05 Å². The standard InChI is InChI=1S/C14H14N2O4/c1-16-9-15-11(14(18)19-2)12(13(16)17)20-8-10-6-4-3-5-7-10/h3-7,9H,8H2,1-2H3. The number of carbonyl (C=O) groups excluding carboxylic acids is 1. The number of aromatic nitrogens is 2. The zero-order valence-electron chi connectivity index (χ0n) is 11.2. The smallest absolute Gasteiger partial charge is 0.360 e. The SMILES string of the molecule is COC(=O)c1ncn(C)c(=O)c1OCc1ccccc1. The van der Waals surface area contributed by atoms with Crippen LogP contribution in [0.15, 0.2) is 41.5 Å². The van der Waals surface area contributed by atoms with Crippen LogP contribution in [0.25, 0.3) is 0 Å². The summed E-state index contributed by atoms with van der Waals surface area (Å²) in [5.74, 6) is -0.809. The first-order valence-corrected chi connectivity index (χ1v) is 5.94. The van der Waals surface area contributed by atoms with E-state index in [1.54, 1.807) is 0 Å². The Balaban J connectivity index is 2.32. The molecule has 104 valence electrons. The van der Waals surface area contributed by atoms with E-state index in [1.807, 2.05) is 30.3 Å². The molecule has 2 rings (SSSR count). The van der Waals surface area contributed by atoms with Crippen molar-refractivity contribution >= 4 is 5.97 Å². The van der Waals surface area contributed by atoms with Gasteiger partial charge in [-0.2, -0.15) is 0 Å². The summed E-state index contributed by atoms with van der Waals surface area (Å²) in [6.07, 6.45) is 1.25. The molecular formula is C14H14N2O4. The van der Waals surface area contributed by atoms with Crippen LogP contribution in [0.5, 0.6) is 5.75 Å². The molecule has 0 radical (unpaired) electrons. The van der Waals surface area contributed by atoms with Gasteiger partial charge < -0.3 is 9.47 Å². The molecule has 6 nitrogen and oxygen atoms in total. The highest BCUT2D eigenvalue weighted by Crippen LogP contribution is 2.13. The third kappa shape index (κ3) is 2.85. The second-order valence-corrected chi connectivity index (χ2v) is 4.10. The van der Waals surface area contributed by atoms with Crippen LogP contribution < -0.4 is 10.3 Å². The van der Waals surface area contributed by atoms with Crippen LogP contribution in [0.1, 0.15) is 16.1 Å². The minimum Gasteiger partial charge on any atom is -0.481 e. The summed E-state index contributed by atoms with van der Waals surface area (Å²) in [4.78, 5) is 27.5. The van der Waals surface area contributed by atoms with Gasteiger partial charge in [-0.25, -0.2) is 9.78 Å². The molecule has 0 saturated heterocycles. The maximum atomic E-state index is 12.0. The fourth-order valence-corrected chi connectivity index (χ4v) is 1.62. The zero-order valence-corrected chi connectivity index (χ0v) is 11.2. The van der Waals surface area contributed by atoms with E-state index in [0.717, 1.165) is 5.56 Å². The maximum absolute atomic E-state index is 12.0. The number of nitrogens with zero attached hydrogens (tertiary/aromatic N) is 2. The van der Waals surface area contributed by atoms with Gasteiger partial charge in [0.2, 0.25) is 5.75 Å². The van der Waals surface area contributed by atoms with E-state index in [4.69, 9.17) is 4.74 Å². The van der Waals surface area contributed by atoms with Gasteiger partial charge in [0.25, 0.3) is 5.56 Å². The Hall–Kier alpha value is -2.63. The van der Waals surface area contributed by atoms with E-state index in [2.05, 4.69) is 9.72 Å². The molecule has 0 aliphatic carbocycles. The Morgan fingerprint density at radius 1 is 1.30 bits per heavy atom. The number of carbonyl (C=O) groups is 1. The Bertz CT molecular complexity index is 665. The molecular weight excluding hydrogens is 260 g/mol. The zero-order chi connectivity index (χ0) is 14.5. The lowest BCUT2D eigenvalue weighted by atomic mass is 10.2. The second-order valence-electron chi connectivity index (χ2n) is 4.10. The number of methoxy groups -OCH3 is 1. The van der Waals surface area contributed by atoms with Crippen molar-refractivity contribution in [1.29, 1.82) is 0 Å². The van der Waals surface area contributed by atoms with E-state index in [0.29, 0.717) is 0 Å². The lowest BCUT2D eigenvalue weighted by molar-refractivity contribution is 0.0587. The third-order valence-corrected chi connectivity index (χ3v) is 2.69.